The van der Waals surface area contributed by atoms with E-state index in [0.717, 1.165) is 0 Å². The molecule has 1 saturated heterocycles. The predicted molar refractivity (Wildman–Crippen MR) is 96.3 cm³/mol. The zero-order valence-electron chi connectivity index (χ0n) is 14.9. The number of sulfonamides is 1. The lowest BCUT2D eigenvalue weighted by molar-refractivity contribution is -0.182. The van der Waals surface area contributed by atoms with E-state index in [2.05, 4.69) is 10.0 Å². The van der Waals surface area contributed by atoms with Crippen LogP contribution in [0.5, 0.6) is 11.5 Å². The number of nitrogens with zero attached hydrogens (tertiary/aromatic N) is 1. The van der Waals surface area contributed by atoms with Gasteiger partial charge in [-0.2, -0.15) is 13.2 Å². The maximum absolute atomic E-state index is 13.4. The van der Waals surface area contributed by atoms with Crippen molar-refractivity contribution in [1.29, 1.82) is 0 Å². The van der Waals surface area contributed by atoms with Crippen molar-refractivity contribution in [2.75, 3.05) is 46.9 Å². The van der Waals surface area contributed by atoms with Gasteiger partial charge >= 0.3 is 6.18 Å². The molecule has 1 aliphatic rings. The second-order valence-electron chi connectivity index (χ2n) is 5.69. The highest BCUT2D eigenvalue weighted by atomic mass is 35.5. The molecular formula is C15H23ClF3N3O4S. The minimum absolute atomic E-state index is 0. The van der Waals surface area contributed by atoms with Crippen LogP contribution >= 0.6 is 12.4 Å². The second kappa shape index (κ2) is 9.78. The molecule has 0 saturated carbocycles. The van der Waals surface area contributed by atoms with Crippen molar-refractivity contribution in [3.05, 3.63) is 18.2 Å². The van der Waals surface area contributed by atoms with Gasteiger partial charge in [-0.05, 0) is 12.1 Å². The average molecular weight is 434 g/mol. The van der Waals surface area contributed by atoms with Gasteiger partial charge in [0.2, 0.25) is 10.0 Å². The Morgan fingerprint density at radius 3 is 2.15 bits per heavy atom. The van der Waals surface area contributed by atoms with Gasteiger partial charge in [0.25, 0.3) is 0 Å². The van der Waals surface area contributed by atoms with Crippen molar-refractivity contribution >= 4 is 22.4 Å². The van der Waals surface area contributed by atoms with E-state index in [-0.39, 0.29) is 41.9 Å². The van der Waals surface area contributed by atoms with E-state index in [0.29, 0.717) is 13.1 Å². The molecule has 1 atom stereocenters. The Morgan fingerprint density at radius 2 is 1.70 bits per heavy atom. The summed E-state index contributed by atoms with van der Waals surface area (Å²) in [6.45, 7) is 0.403. The van der Waals surface area contributed by atoms with Crippen LogP contribution in [0.15, 0.2) is 23.1 Å². The number of methoxy groups -OCH3 is 2. The Labute approximate surface area is 162 Å². The van der Waals surface area contributed by atoms with Crippen LogP contribution in [0.4, 0.5) is 13.2 Å². The molecule has 27 heavy (non-hydrogen) atoms. The van der Waals surface area contributed by atoms with Crippen LogP contribution in [-0.2, 0) is 10.0 Å². The second-order valence-corrected chi connectivity index (χ2v) is 7.39. The fraction of sp³-hybridized carbons (Fsp3) is 0.600. The SMILES string of the molecule is COc1cccc(OC)c1S(=O)(=O)NCC(N1CCNCC1)C(F)(F)F.Cl. The third-order valence-corrected chi connectivity index (χ3v) is 5.57. The van der Waals surface area contributed by atoms with Gasteiger partial charge in [0, 0.05) is 32.7 Å². The van der Waals surface area contributed by atoms with Crippen molar-refractivity contribution in [2.24, 2.45) is 0 Å². The van der Waals surface area contributed by atoms with Gasteiger partial charge in [0.05, 0.1) is 14.2 Å². The smallest absolute Gasteiger partial charge is 0.405 e. The average Bonchev–Trinajstić information content (AvgIpc) is 2.60. The first-order valence-electron chi connectivity index (χ1n) is 7.93. The van der Waals surface area contributed by atoms with Crippen molar-refractivity contribution in [3.8, 4) is 11.5 Å². The Hall–Kier alpha value is -1.27. The van der Waals surface area contributed by atoms with Crippen molar-refractivity contribution in [1.82, 2.24) is 14.9 Å². The van der Waals surface area contributed by atoms with E-state index in [1.165, 1.54) is 37.3 Å². The zero-order valence-corrected chi connectivity index (χ0v) is 16.5. The Balaban J connectivity index is 0.00000364. The van der Waals surface area contributed by atoms with Crippen molar-refractivity contribution < 1.29 is 31.1 Å². The van der Waals surface area contributed by atoms with Gasteiger partial charge in [-0.25, -0.2) is 13.1 Å². The topological polar surface area (TPSA) is 79.9 Å². The maximum Gasteiger partial charge on any atom is 0.405 e. The molecule has 1 aromatic carbocycles. The van der Waals surface area contributed by atoms with Gasteiger partial charge in [-0.1, -0.05) is 6.07 Å². The summed E-state index contributed by atoms with van der Waals surface area (Å²) in [6, 6.07) is 2.40. The summed E-state index contributed by atoms with van der Waals surface area (Å²) in [5.74, 6) is -0.0230. The van der Waals surface area contributed by atoms with E-state index in [9.17, 15) is 21.6 Å². The number of piperazine rings is 1. The minimum Gasteiger partial charge on any atom is -0.495 e. The van der Waals surface area contributed by atoms with Crippen LogP contribution in [-0.4, -0.2) is 72.5 Å². The first kappa shape index (κ1) is 23.8. The zero-order chi connectivity index (χ0) is 19.4. The predicted octanol–water partition coefficient (Wildman–Crippen LogP) is 1.24. The molecule has 1 unspecified atom stereocenters. The molecule has 1 heterocycles. The molecule has 1 aliphatic heterocycles. The number of rotatable bonds is 7. The molecule has 156 valence electrons. The standard InChI is InChI=1S/C15H22F3N3O4S.ClH/c1-24-11-4-3-5-12(25-2)14(11)26(22,23)20-10-13(15(16,17)18)21-8-6-19-7-9-21;/h3-5,13,19-20H,6-10H2,1-2H3;1H. The molecule has 0 aromatic heterocycles. The van der Waals surface area contributed by atoms with E-state index < -0.39 is 28.8 Å². The number of hydrogen-bond donors (Lipinski definition) is 2. The number of hydrogen-bond acceptors (Lipinski definition) is 6. The number of halogens is 4. The van der Waals surface area contributed by atoms with Crippen LogP contribution in [0.1, 0.15) is 0 Å². The van der Waals surface area contributed by atoms with E-state index in [4.69, 9.17) is 9.47 Å². The first-order valence-corrected chi connectivity index (χ1v) is 9.41. The highest BCUT2D eigenvalue weighted by Crippen LogP contribution is 2.33. The van der Waals surface area contributed by atoms with Gasteiger partial charge in [-0.15, -0.1) is 12.4 Å². The summed E-state index contributed by atoms with van der Waals surface area (Å²) in [7, 11) is -1.74. The van der Waals surface area contributed by atoms with Gasteiger partial charge < -0.3 is 14.8 Å². The normalized spacial score (nSPS) is 17.1. The first-order chi connectivity index (χ1) is 12.2. The summed E-state index contributed by atoms with van der Waals surface area (Å²) < 4.78 is 77.7. The molecule has 2 N–H and O–H groups in total. The van der Waals surface area contributed by atoms with Crippen molar-refractivity contribution in [3.63, 3.8) is 0 Å². The van der Waals surface area contributed by atoms with Crippen LogP contribution < -0.4 is 19.5 Å². The van der Waals surface area contributed by atoms with Crippen LogP contribution in [0.25, 0.3) is 0 Å². The Morgan fingerprint density at radius 1 is 1.19 bits per heavy atom. The van der Waals surface area contributed by atoms with Gasteiger partial charge in [0.1, 0.15) is 17.5 Å². The summed E-state index contributed by atoms with van der Waals surface area (Å²) in [6.07, 6.45) is -4.56. The molecule has 0 spiro atoms. The van der Waals surface area contributed by atoms with Crippen LogP contribution in [0.3, 0.4) is 0 Å². The molecule has 0 bridgehead atoms. The third kappa shape index (κ3) is 5.85. The fourth-order valence-corrected chi connectivity index (χ4v) is 4.14. The number of alkyl halides is 3. The molecule has 0 aliphatic carbocycles. The summed E-state index contributed by atoms with van der Waals surface area (Å²) in [5, 5.41) is 2.97. The Kier molecular flexibility index (Phi) is 8.61. The lowest BCUT2D eigenvalue weighted by atomic mass is 10.2. The molecule has 12 heteroatoms. The molecule has 0 amide bonds. The molecule has 0 radical (unpaired) electrons. The lowest BCUT2D eigenvalue weighted by Crippen LogP contribution is -2.57. The summed E-state index contributed by atoms with van der Waals surface area (Å²) in [4.78, 5) is 0.893. The number of nitrogens with one attached hydrogen (secondary N) is 2. The minimum atomic E-state index is -4.56. The van der Waals surface area contributed by atoms with E-state index in [1.807, 2.05) is 0 Å². The van der Waals surface area contributed by atoms with Gasteiger partial charge in [0.15, 0.2) is 4.90 Å². The monoisotopic (exact) mass is 433 g/mol. The fourth-order valence-electron chi connectivity index (χ4n) is 2.79. The van der Waals surface area contributed by atoms with E-state index in [1.54, 1.807) is 0 Å². The van der Waals surface area contributed by atoms with Crippen LogP contribution in [0.2, 0.25) is 0 Å². The van der Waals surface area contributed by atoms with Crippen molar-refractivity contribution in [2.45, 2.75) is 17.1 Å². The summed E-state index contributed by atoms with van der Waals surface area (Å²) in [5.41, 5.74) is 0. The molecular weight excluding hydrogens is 411 g/mol. The molecule has 2 rings (SSSR count). The maximum atomic E-state index is 13.4. The molecule has 1 fully saturated rings. The highest BCUT2D eigenvalue weighted by molar-refractivity contribution is 7.89. The Bertz CT molecular complexity index is 690. The lowest BCUT2D eigenvalue weighted by Gasteiger charge is -2.35. The van der Waals surface area contributed by atoms with E-state index >= 15 is 0 Å². The third-order valence-electron chi connectivity index (χ3n) is 4.09. The molecule has 1 aromatic rings. The number of ether oxygens (including phenoxy) is 2. The highest BCUT2D eigenvalue weighted by Gasteiger charge is 2.44. The summed E-state index contributed by atoms with van der Waals surface area (Å²) >= 11 is 0. The number of benzene rings is 1. The van der Waals surface area contributed by atoms with Crippen LogP contribution in [0, 0.1) is 0 Å². The largest absolute Gasteiger partial charge is 0.495 e. The quantitative estimate of drug-likeness (QED) is 0.673. The molecule has 7 nitrogen and oxygen atoms in total. The van der Waals surface area contributed by atoms with Gasteiger partial charge in [-0.3, -0.25) is 4.90 Å².